The maximum atomic E-state index is 10.7. The van der Waals surface area contributed by atoms with Crippen molar-refractivity contribution in [3.05, 3.63) is 35.4 Å². The van der Waals surface area contributed by atoms with Gasteiger partial charge >= 0.3 is 0 Å². The van der Waals surface area contributed by atoms with Crippen molar-refractivity contribution in [2.45, 2.75) is 31.6 Å². The molecular formula is C12H14O. The van der Waals surface area contributed by atoms with E-state index in [9.17, 15) is 4.79 Å². The quantitative estimate of drug-likeness (QED) is 0.644. The van der Waals surface area contributed by atoms with E-state index >= 15 is 0 Å². The van der Waals surface area contributed by atoms with Crippen LogP contribution >= 0.6 is 0 Å². The minimum absolute atomic E-state index is 0.0526. The zero-order valence-electron chi connectivity index (χ0n) is 7.86. The molecule has 1 aliphatic carbocycles. The fourth-order valence-electron chi connectivity index (χ4n) is 1.76. The van der Waals surface area contributed by atoms with Gasteiger partial charge in [0.25, 0.3) is 0 Å². The average Bonchev–Trinajstić information content (AvgIpc) is 3.00. The first kappa shape index (κ1) is 8.49. The molecule has 1 unspecified atom stereocenters. The molecule has 1 saturated carbocycles. The summed E-state index contributed by atoms with van der Waals surface area (Å²) in [5, 5.41) is 0. The summed E-state index contributed by atoms with van der Waals surface area (Å²) in [6, 6.07) is 8.32. The molecule has 1 fully saturated rings. The van der Waals surface area contributed by atoms with Crippen molar-refractivity contribution in [2.24, 2.45) is 0 Å². The summed E-state index contributed by atoms with van der Waals surface area (Å²) in [5.74, 6) is 0.787. The van der Waals surface area contributed by atoms with Crippen LogP contribution in [0.3, 0.4) is 0 Å². The summed E-state index contributed by atoms with van der Waals surface area (Å²) in [4.78, 5) is 10.7. The van der Waals surface area contributed by atoms with Gasteiger partial charge < -0.3 is 4.79 Å². The van der Waals surface area contributed by atoms with E-state index in [0.717, 1.165) is 12.2 Å². The number of hydrogen-bond acceptors (Lipinski definition) is 1. The van der Waals surface area contributed by atoms with Crippen LogP contribution in [0.2, 0.25) is 0 Å². The second-order valence-electron chi connectivity index (χ2n) is 3.83. The highest BCUT2D eigenvalue weighted by Gasteiger charge is 2.26. The smallest absolute Gasteiger partial charge is 0.127 e. The van der Waals surface area contributed by atoms with Gasteiger partial charge in [-0.1, -0.05) is 31.2 Å². The fourth-order valence-corrected chi connectivity index (χ4v) is 1.76. The lowest BCUT2D eigenvalue weighted by Crippen LogP contribution is -1.98. The Morgan fingerprint density at radius 1 is 1.38 bits per heavy atom. The molecule has 0 radical (unpaired) electrons. The first-order valence-corrected chi connectivity index (χ1v) is 4.87. The molecule has 0 aliphatic heterocycles. The predicted molar refractivity (Wildman–Crippen MR) is 52.9 cm³/mol. The Bertz CT molecular complexity index is 313. The van der Waals surface area contributed by atoms with E-state index in [1.165, 1.54) is 24.0 Å². The van der Waals surface area contributed by atoms with E-state index in [2.05, 4.69) is 18.2 Å². The summed E-state index contributed by atoms with van der Waals surface area (Å²) in [6.45, 7) is 1.97. The molecule has 1 atom stereocenters. The van der Waals surface area contributed by atoms with Crippen molar-refractivity contribution in [1.29, 1.82) is 0 Å². The van der Waals surface area contributed by atoms with Gasteiger partial charge in [-0.15, -0.1) is 0 Å². The Kier molecular flexibility index (Phi) is 2.17. The van der Waals surface area contributed by atoms with Gasteiger partial charge in [-0.05, 0) is 29.9 Å². The highest BCUT2D eigenvalue weighted by molar-refractivity contribution is 5.63. The minimum Gasteiger partial charge on any atom is -0.303 e. The maximum absolute atomic E-state index is 10.7. The third kappa shape index (κ3) is 1.64. The van der Waals surface area contributed by atoms with Gasteiger partial charge in [0.2, 0.25) is 0 Å². The van der Waals surface area contributed by atoms with Gasteiger partial charge in [-0.25, -0.2) is 0 Å². The number of benzene rings is 1. The van der Waals surface area contributed by atoms with Gasteiger partial charge in [0, 0.05) is 5.92 Å². The topological polar surface area (TPSA) is 17.1 Å². The Labute approximate surface area is 78.8 Å². The molecule has 1 aliphatic rings. The fraction of sp³-hybridized carbons (Fsp3) is 0.417. The van der Waals surface area contributed by atoms with Crippen LogP contribution in [0, 0.1) is 0 Å². The molecule has 0 N–H and O–H groups in total. The molecule has 0 bridgehead atoms. The molecule has 1 heteroatoms. The van der Waals surface area contributed by atoms with Gasteiger partial charge in [0.15, 0.2) is 0 Å². The molecule has 1 aromatic carbocycles. The molecular weight excluding hydrogens is 160 g/mol. The molecule has 2 rings (SSSR count). The number of rotatable bonds is 3. The number of carbonyl (C=O) groups is 1. The summed E-state index contributed by atoms with van der Waals surface area (Å²) in [7, 11) is 0. The summed E-state index contributed by atoms with van der Waals surface area (Å²) < 4.78 is 0. The third-order valence-corrected chi connectivity index (χ3v) is 2.71. The van der Waals surface area contributed by atoms with Gasteiger partial charge in [0.1, 0.15) is 6.29 Å². The van der Waals surface area contributed by atoms with Crippen molar-refractivity contribution in [2.75, 3.05) is 0 Å². The van der Waals surface area contributed by atoms with Gasteiger partial charge in [-0.3, -0.25) is 0 Å². The van der Waals surface area contributed by atoms with Crippen molar-refractivity contribution >= 4 is 6.29 Å². The molecule has 0 heterocycles. The van der Waals surface area contributed by atoms with E-state index < -0.39 is 0 Å². The lowest BCUT2D eigenvalue weighted by atomic mass is 9.94. The zero-order valence-corrected chi connectivity index (χ0v) is 7.86. The van der Waals surface area contributed by atoms with Crippen LogP contribution in [0.5, 0.6) is 0 Å². The number of hydrogen-bond donors (Lipinski definition) is 0. The Morgan fingerprint density at radius 2 is 2.08 bits per heavy atom. The molecule has 0 aromatic heterocycles. The Morgan fingerprint density at radius 3 is 2.69 bits per heavy atom. The second-order valence-corrected chi connectivity index (χ2v) is 3.83. The molecule has 68 valence electrons. The largest absolute Gasteiger partial charge is 0.303 e. The molecule has 1 nitrogen and oxygen atoms in total. The van der Waals surface area contributed by atoms with Crippen molar-refractivity contribution in [1.82, 2.24) is 0 Å². The average molecular weight is 174 g/mol. The third-order valence-electron chi connectivity index (χ3n) is 2.71. The Hall–Kier alpha value is -1.11. The first-order valence-electron chi connectivity index (χ1n) is 4.87. The van der Waals surface area contributed by atoms with Gasteiger partial charge in [0.05, 0.1) is 0 Å². The van der Waals surface area contributed by atoms with Crippen LogP contribution in [0.4, 0.5) is 0 Å². The summed E-state index contributed by atoms with van der Waals surface area (Å²) in [6.07, 6.45) is 3.62. The molecule has 13 heavy (non-hydrogen) atoms. The van der Waals surface area contributed by atoms with Crippen molar-refractivity contribution in [3.63, 3.8) is 0 Å². The van der Waals surface area contributed by atoms with Crippen LogP contribution in [0.25, 0.3) is 0 Å². The van der Waals surface area contributed by atoms with E-state index in [0.29, 0.717) is 0 Å². The van der Waals surface area contributed by atoms with E-state index in [1.54, 1.807) is 0 Å². The molecule has 1 aromatic rings. The maximum Gasteiger partial charge on any atom is 0.127 e. The van der Waals surface area contributed by atoms with Crippen molar-refractivity contribution < 1.29 is 4.79 Å². The highest BCUT2D eigenvalue weighted by atomic mass is 16.1. The standard InChI is InChI=1S/C12H14O/c1-9(8-13)11-4-2-3-5-12(11)10-6-7-10/h2-5,8-10H,6-7H2,1H3. The highest BCUT2D eigenvalue weighted by Crippen LogP contribution is 2.42. The van der Waals surface area contributed by atoms with Gasteiger partial charge in [-0.2, -0.15) is 0 Å². The van der Waals surface area contributed by atoms with Crippen LogP contribution in [-0.2, 0) is 4.79 Å². The predicted octanol–water partition coefficient (Wildman–Crippen LogP) is 2.87. The number of aldehydes is 1. The summed E-state index contributed by atoms with van der Waals surface area (Å²) in [5.41, 5.74) is 2.61. The monoisotopic (exact) mass is 174 g/mol. The van der Waals surface area contributed by atoms with Crippen LogP contribution < -0.4 is 0 Å². The van der Waals surface area contributed by atoms with E-state index in [-0.39, 0.29) is 5.92 Å². The van der Waals surface area contributed by atoms with Crippen molar-refractivity contribution in [3.8, 4) is 0 Å². The SMILES string of the molecule is CC(C=O)c1ccccc1C1CC1. The van der Waals surface area contributed by atoms with Crippen LogP contribution in [-0.4, -0.2) is 6.29 Å². The first-order chi connectivity index (χ1) is 6.33. The zero-order chi connectivity index (χ0) is 9.26. The number of carbonyl (C=O) groups excluding carboxylic acids is 1. The molecule has 0 amide bonds. The van der Waals surface area contributed by atoms with E-state index in [1.807, 2.05) is 13.0 Å². The van der Waals surface area contributed by atoms with Crippen LogP contribution in [0.1, 0.15) is 42.7 Å². The van der Waals surface area contributed by atoms with Crippen LogP contribution in [0.15, 0.2) is 24.3 Å². The lowest BCUT2D eigenvalue weighted by molar-refractivity contribution is -0.108. The molecule has 0 saturated heterocycles. The minimum atomic E-state index is 0.0526. The summed E-state index contributed by atoms with van der Waals surface area (Å²) >= 11 is 0. The molecule has 0 spiro atoms. The lowest BCUT2D eigenvalue weighted by Gasteiger charge is -2.10. The Balaban J connectivity index is 2.36. The van der Waals surface area contributed by atoms with E-state index in [4.69, 9.17) is 0 Å². The normalized spacial score (nSPS) is 18.2. The second kappa shape index (κ2) is 3.33.